The van der Waals surface area contributed by atoms with Crippen LogP contribution in [-0.2, 0) is 6.54 Å². The standard InChI is InChI=1S/C14H11BrClFN2S/c15-9-2-3-10(14(18)20)13(6-9)19-7-8-1-4-12(17)11(16)5-8/h1-6,19H,7H2,(H2,18,20). The van der Waals surface area contributed by atoms with E-state index in [0.29, 0.717) is 11.5 Å². The Kier molecular flexibility index (Phi) is 4.96. The Balaban J connectivity index is 2.20. The summed E-state index contributed by atoms with van der Waals surface area (Å²) in [6, 6.07) is 10.2. The number of benzene rings is 2. The van der Waals surface area contributed by atoms with Crippen LogP contribution < -0.4 is 11.1 Å². The number of nitrogens with one attached hydrogen (secondary N) is 1. The number of thiocarbonyl (C=S) groups is 1. The Morgan fingerprint density at radius 2 is 2.05 bits per heavy atom. The molecule has 0 aromatic heterocycles. The van der Waals surface area contributed by atoms with Crippen LogP contribution in [0.25, 0.3) is 0 Å². The molecular weight excluding hydrogens is 363 g/mol. The lowest BCUT2D eigenvalue weighted by atomic mass is 10.1. The lowest BCUT2D eigenvalue weighted by Crippen LogP contribution is -2.13. The van der Waals surface area contributed by atoms with Gasteiger partial charge in [0.1, 0.15) is 10.8 Å². The van der Waals surface area contributed by atoms with E-state index in [4.69, 9.17) is 29.6 Å². The zero-order valence-corrected chi connectivity index (χ0v) is 13.4. The van der Waals surface area contributed by atoms with Crippen molar-refractivity contribution in [3.05, 3.63) is 62.8 Å². The second kappa shape index (κ2) is 6.52. The molecule has 3 N–H and O–H groups in total. The molecule has 0 radical (unpaired) electrons. The highest BCUT2D eigenvalue weighted by molar-refractivity contribution is 9.10. The summed E-state index contributed by atoms with van der Waals surface area (Å²) in [4.78, 5) is 0.317. The highest BCUT2D eigenvalue weighted by atomic mass is 79.9. The largest absolute Gasteiger partial charge is 0.389 e. The quantitative estimate of drug-likeness (QED) is 0.776. The van der Waals surface area contributed by atoms with Gasteiger partial charge in [0.2, 0.25) is 0 Å². The second-order valence-corrected chi connectivity index (χ2v) is 5.92. The number of nitrogens with two attached hydrogens (primary N) is 1. The van der Waals surface area contributed by atoms with Gasteiger partial charge in [-0.05, 0) is 35.9 Å². The van der Waals surface area contributed by atoms with Crippen molar-refractivity contribution in [2.24, 2.45) is 5.73 Å². The number of rotatable bonds is 4. The Bertz CT molecular complexity index is 664. The molecule has 2 aromatic rings. The van der Waals surface area contributed by atoms with Gasteiger partial charge in [-0.1, -0.05) is 45.8 Å². The molecule has 104 valence electrons. The second-order valence-electron chi connectivity index (χ2n) is 4.16. The van der Waals surface area contributed by atoms with Crippen LogP contribution in [-0.4, -0.2) is 4.99 Å². The summed E-state index contributed by atoms with van der Waals surface area (Å²) in [7, 11) is 0. The van der Waals surface area contributed by atoms with E-state index in [9.17, 15) is 4.39 Å². The van der Waals surface area contributed by atoms with Gasteiger partial charge in [0.25, 0.3) is 0 Å². The monoisotopic (exact) mass is 372 g/mol. The van der Waals surface area contributed by atoms with Gasteiger partial charge in [0.05, 0.1) is 5.02 Å². The lowest BCUT2D eigenvalue weighted by Gasteiger charge is -2.12. The number of anilines is 1. The fraction of sp³-hybridized carbons (Fsp3) is 0.0714. The smallest absolute Gasteiger partial charge is 0.141 e. The van der Waals surface area contributed by atoms with Crippen molar-refractivity contribution < 1.29 is 4.39 Å². The molecule has 0 fully saturated rings. The molecule has 2 rings (SSSR count). The molecule has 0 aliphatic carbocycles. The SMILES string of the molecule is NC(=S)c1ccc(Br)cc1NCc1ccc(F)c(Cl)c1. The third kappa shape index (κ3) is 3.69. The van der Waals surface area contributed by atoms with Crippen LogP contribution in [0.4, 0.5) is 10.1 Å². The fourth-order valence-corrected chi connectivity index (χ4v) is 2.47. The Morgan fingerprint density at radius 1 is 1.30 bits per heavy atom. The van der Waals surface area contributed by atoms with E-state index in [1.807, 2.05) is 18.2 Å². The first-order valence-electron chi connectivity index (χ1n) is 5.74. The van der Waals surface area contributed by atoms with Crippen molar-refractivity contribution in [1.29, 1.82) is 0 Å². The van der Waals surface area contributed by atoms with E-state index in [1.165, 1.54) is 6.07 Å². The van der Waals surface area contributed by atoms with Gasteiger partial charge in [-0.15, -0.1) is 0 Å². The highest BCUT2D eigenvalue weighted by Crippen LogP contribution is 2.23. The maximum atomic E-state index is 13.1. The molecule has 0 atom stereocenters. The number of halogens is 3. The van der Waals surface area contributed by atoms with Crippen molar-refractivity contribution in [1.82, 2.24) is 0 Å². The summed E-state index contributed by atoms with van der Waals surface area (Å²) < 4.78 is 14.0. The van der Waals surface area contributed by atoms with Crippen LogP contribution in [0.1, 0.15) is 11.1 Å². The van der Waals surface area contributed by atoms with E-state index in [2.05, 4.69) is 21.2 Å². The van der Waals surface area contributed by atoms with Crippen molar-refractivity contribution >= 4 is 50.4 Å². The van der Waals surface area contributed by atoms with Gasteiger partial charge in [-0.3, -0.25) is 0 Å². The maximum absolute atomic E-state index is 13.1. The van der Waals surface area contributed by atoms with Crippen molar-refractivity contribution in [2.45, 2.75) is 6.54 Å². The van der Waals surface area contributed by atoms with E-state index in [0.717, 1.165) is 21.3 Å². The topological polar surface area (TPSA) is 38.0 Å². The first kappa shape index (κ1) is 15.2. The van der Waals surface area contributed by atoms with E-state index in [1.54, 1.807) is 12.1 Å². The molecule has 0 bridgehead atoms. The average Bonchev–Trinajstić information content (AvgIpc) is 2.40. The molecule has 0 heterocycles. The Labute approximate surface area is 135 Å². The molecule has 0 aliphatic rings. The van der Waals surface area contributed by atoms with E-state index >= 15 is 0 Å². The molecular formula is C14H11BrClFN2S. The molecule has 0 aliphatic heterocycles. The van der Waals surface area contributed by atoms with Gasteiger partial charge in [0.15, 0.2) is 0 Å². The molecule has 2 aromatic carbocycles. The van der Waals surface area contributed by atoms with E-state index < -0.39 is 5.82 Å². The molecule has 0 amide bonds. The van der Waals surface area contributed by atoms with Crippen LogP contribution in [0.5, 0.6) is 0 Å². The van der Waals surface area contributed by atoms with Gasteiger partial charge < -0.3 is 11.1 Å². The van der Waals surface area contributed by atoms with Gasteiger partial charge in [0, 0.05) is 22.3 Å². The summed E-state index contributed by atoms with van der Waals surface area (Å²) in [5.74, 6) is -0.429. The lowest BCUT2D eigenvalue weighted by molar-refractivity contribution is 0.627. The molecule has 0 unspecified atom stereocenters. The predicted octanol–water partition coefficient (Wildman–Crippen LogP) is 4.49. The molecule has 6 heteroatoms. The van der Waals surface area contributed by atoms with Crippen molar-refractivity contribution in [3.63, 3.8) is 0 Å². The Hall–Kier alpha value is -1.17. The number of hydrogen-bond acceptors (Lipinski definition) is 2. The molecule has 0 spiro atoms. The van der Waals surface area contributed by atoms with Gasteiger partial charge in [-0.2, -0.15) is 0 Å². The average molecular weight is 374 g/mol. The van der Waals surface area contributed by atoms with Gasteiger partial charge >= 0.3 is 0 Å². The fourth-order valence-electron chi connectivity index (χ4n) is 1.72. The minimum absolute atomic E-state index is 0.105. The van der Waals surface area contributed by atoms with Crippen LogP contribution in [0.15, 0.2) is 40.9 Å². The number of hydrogen-bond donors (Lipinski definition) is 2. The van der Waals surface area contributed by atoms with Crippen LogP contribution in [0.2, 0.25) is 5.02 Å². The Morgan fingerprint density at radius 3 is 2.70 bits per heavy atom. The van der Waals surface area contributed by atoms with E-state index in [-0.39, 0.29) is 5.02 Å². The minimum atomic E-state index is -0.429. The van der Waals surface area contributed by atoms with Crippen molar-refractivity contribution in [2.75, 3.05) is 5.32 Å². The zero-order valence-electron chi connectivity index (χ0n) is 10.3. The zero-order chi connectivity index (χ0) is 14.7. The normalized spacial score (nSPS) is 10.3. The third-order valence-electron chi connectivity index (χ3n) is 2.71. The highest BCUT2D eigenvalue weighted by Gasteiger charge is 2.06. The minimum Gasteiger partial charge on any atom is -0.389 e. The molecule has 0 saturated carbocycles. The van der Waals surface area contributed by atoms with Crippen LogP contribution in [0, 0.1) is 5.82 Å². The predicted molar refractivity (Wildman–Crippen MR) is 88.8 cm³/mol. The third-order valence-corrected chi connectivity index (χ3v) is 3.72. The molecule has 20 heavy (non-hydrogen) atoms. The first-order valence-corrected chi connectivity index (χ1v) is 7.32. The maximum Gasteiger partial charge on any atom is 0.141 e. The first-order chi connectivity index (χ1) is 9.47. The summed E-state index contributed by atoms with van der Waals surface area (Å²) in [6.07, 6.45) is 0. The van der Waals surface area contributed by atoms with Crippen molar-refractivity contribution in [3.8, 4) is 0 Å². The molecule has 2 nitrogen and oxygen atoms in total. The molecule has 0 saturated heterocycles. The van der Waals surface area contributed by atoms with Crippen LogP contribution in [0.3, 0.4) is 0 Å². The summed E-state index contributed by atoms with van der Waals surface area (Å²) in [5, 5.41) is 3.32. The van der Waals surface area contributed by atoms with Gasteiger partial charge in [-0.25, -0.2) is 4.39 Å². The summed E-state index contributed by atoms with van der Waals surface area (Å²) >= 11 is 14.2. The summed E-state index contributed by atoms with van der Waals surface area (Å²) in [6.45, 7) is 0.492. The van der Waals surface area contributed by atoms with Crippen LogP contribution >= 0.6 is 39.7 Å². The summed E-state index contributed by atoms with van der Waals surface area (Å²) in [5.41, 5.74) is 8.12.